The van der Waals surface area contributed by atoms with Crippen molar-refractivity contribution in [1.29, 1.82) is 0 Å². The molecule has 1 amide bonds. The Kier molecular flexibility index (Phi) is 7.10. The molecule has 0 aromatic heterocycles. The molecule has 1 aliphatic rings. The number of carbonyl (C=O) groups excluding carboxylic acids is 1. The molecular formula is C19H23ClN2O3. The third-order valence-electron chi connectivity index (χ3n) is 3.83. The van der Waals surface area contributed by atoms with Crippen molar-refractivity contribution in [3.8, 4) is 17.2 Å². The molecular weight excluding hydrogens is 340 g/mol. The standard InChI is InChI=1S/C19H22N2O3.ClH/c1-23-17-3-2-4-18(11-17)24-16-9-7-15(8-10-16)21-19(22)13-20-12-14-5-6-14;/h2-4,7-11,14,20H,5-6,12-13H2,1H3,(H,21,22);1H. The lowest BCUT2D eigenvalue weighted by Gasteiger charge is -2.09. The van der Waals surface area contributed by atoms with Crippen LogP contribution in [0.4, 0.5) is 5.69 Å². The summed E-state index contributed by atoms with van der Waals surface area (Å²) in [5.74, 6) is 2.89. The van der Waals surface area contributed by atoms with E-state index in [0.29, 0.717) is 18.0 Å². The van der Waals surface area contributed by atoms with Gasteiger partial charge in [-0.3, -0.25) is 4.79 Å². The molecule has 0 spiro atoms. The minimum atomic E-state index is -0.0304. The third kappa shape index (κ3) is 6.29. The Hall–Kier alpha value is -2.24. The molecule has 0 unspecified atom stereocenters. The zero-order valence-corrected chi connectivity index (χ0v) is 15.0. The van der Waals surface area contributed by atoms with Crippen LogP contribution >= 0.6 is 12.4 Å². The van der Waals surface area contributed by atoms with Gasteiger partial charge in [0.05, 0.1) is 13.7 Å². The van der Waals surface area contributed by atoms with E-state index >= 15 is 0 Å². The molecule has 0 heterocycles. The molecule has 3 rings (SSSR count). The van der Waals surface area contributed by atoms with Crippen LogP contribution in [0.5, 0.6) is 17.2 Å². The first-order valence-corrected chi connectivity index (χ1v) is 8.15. The van der Waals surface area contributed by atoms with Crippen molar-refractivity contribution in [3.63, 3.8) is 0 Å². The van der Waals surface area contributed by atoms with Crippen LogP contribution in [-0.4, -0.2) is 26.1 Å². The summed E-state index contributed by atoms with van der Waals surface area (Å²) in [6, 6.07) is 14.7. The molecule has 0 atom stereocenters. The third-order valence-corrected chi connectivity index (χ3v) is 3.83. The summed E-state index contributed by atoms with van der Waals surface area (Å²) in [5, 5.41) is 6.04. The number of amides is 1. The van der Waals surface area contributed by atoms with E-state index in [4.69, 9.17) is 9.47 Å². The van der Waals surface area contributed by atoms with Crippen LogP contribution in [0, 0.1) is 5.92 Å². The van der Waals surface area contributed by atoms with Crippen molar-refractivity contribution in [2.45, 2.75) is 12.8 Å². The first kappa shape index (κ1) is 19.1. The van der Waals surface area contributed by atoms with Gasteiger partial charge in [-0.15, -0.1) is 12.4 Å². The first-order chi connectivity index (χ1) is 11.7. The predicted octanol–water partition coefficient (Wildman–Crippen LogP) is 3.85. The molecule has 1 saturated carbocycles. The minimum Gasteiger partial charge on any atom is -0.497 e. The number of methoxy groups -OCH3 is 1. The fraction of sp³-hybridized carbons (Fsp3) is 0.316. The van der Waals surface area contributed by atoms with Crippen LogP contribution in [0.2, 0.25) is 0 Å². The van der Waals surface area contributed by atoms with E-state index in [2.05, 4.69) is 10.6 Å². The fourth-order valence-electron chi connectivity index (χ4n) is 2.32. The van der Waals surface area contributed by atoms with Crippen molar-refractivity contribution in [3.05, 3.63) is 48.5 Å². The van der Waals surface area contributed by atoms with E-state index in [1.165, 1.54) is 12.8 Å². The second-order valence-electron chi connectivity index (χ2n) is 5.93. The number of carbonyl (C=O) groups is 1. The van der Waals surface area contributed by atoms with Gasteiger partial charge in [0.25, 0.3) is 0 Å². The zero-order valence-electron chi connectivity index (χ0n) is 14.2. The second kappa shape index (κ2) is 9.30. The number of hydrogen-bond acceptors (Lipinski definition) is 4. The van der Waals surface area contributed by atoms with E-state index in [1.54, 1.807) is 7.11 Å². The Morgan fingerprint density at radius 3 is 2.48 bits per heavy atom. The maximum Gasteiger partial charge on any atom is 0.238 e. The van der Waals surface area contributed by atoms with E-state index < -0.39 is 0 Å². The number of nitrogens with one attached hydrogen (secondary N) is 2. The molecule has 0 saturated heterocycles. The normalized spacial score (nSPS) is 12.8. The van der Waals surface area contributed by atoms with Crippen molar-refractivity contribution < 1.29 is 14.3 Å². The van der Waals surface area contributed by atoms with Crippen LogP contribution in [-0.2, 0) is 4.79 Å². The highest BCUT2D eigenvalue weighted by atomic mass is 35.5. The Morgan fingerprint density at radius 2 is 1.80 bits per heavy atom. The molecule has 1 aliphatic carbocycles. The molecule has 25 heavy (non-hydrogen) atoms. The van der Waals surface area contributed by atoms with Crippen molar-refractivity contribution >= 4 is 24.0 Å². The summed E-state index contributed by atoms with van der Waals surface area (Å²) >= 11 is 0. The zero-order chi connectivity index (χ0) is 16.8. The predicted molar refractivity (Wildman–Crippen MR) is 101 cm³/mol. The quantitative estimate of drug-likeness (QED) is 0.748. The SMILES string of the molecule is COc1cccc(Oc2ccc(NC(=O)CNCC3CC3)cc2)c1.Cl. The van der Waals surface area contributed by atoms with Gasteiger partial charge in [0, 0.05) is 11.8 Å². The van der Waals surface area contributed by atoms with E-state index in [0.717, 1.165) is 23.9 Å². The molecule has 2 aromatic rings. The number of hydrogen-bond donors (Lipinski definition) is 2. The van der Waals surface area contributed by atoms with Crippen LogP contribution in [0.25, 0.3) is 0 Å². The number of rotatable bonds is 8. The number of benzene rings is 2. The van der Waals surface area contributed by atoms with Gasteiger partial charge in [-0.1, -0.05) is 6.07 Å². The average Bonchev–Trinajstić information content (AvgIpc) is 3.41. The number of ether oxygens (including phenoxy) is 2. The smallest absolute Gasteiger partial charge is 0.238 e. The van der Waals surface area contributed by atoms with E-state index in [-0.39, 0.29) is 18.3 Å². The average molecular weight is 363 g/mol. The Bertz CT molecular complexity index is 687. The minimum absolute atomic E-state index is 0. The lowest BCUT2D eigenvalue weighted by atomic mass is 10.3. The van der Waals surface area contributed by atoms with Crippen molar-refractivity contribution in [2.24, 2.45) is 5.92 Å². The molecule has 0 bridgehead atoms. The molecule has 0 aliphatic heterocycles. The van der Waals surface area contributed by atoms with Gasteiger partial charge in [0.1, 0.15) is 17.2 Å². The molecule has 134 valence electrons. The topological polar surface area (TPSA) is 59.6 Å². The fourth-order valence-corrected chi connectivity index (χ4v) is 2.32. The van der Waals surface area contributed by atoms with E-state index in [1.807, 2.05) is 48.5 Å². The molecule has 6 heteroatoms. The van der Waals surface area contributed by atoms with Gasteiger partial charge in [0.15, 0.2) is 0 Å². The van der Waals surface area contributed by atoms with Crippen molar-refractivity contribution in [2.75, 3.05) is 25.5 Å². The van der Waals surface area contributed by atoms with Crippen LogP contribution < -0.4 is 20.1 Å². The van der Waals surface area contributed by atoms with Gasteiger partial charge < -0.3 is 20.1 Å². The molecule has 2 N–H and O–H groups in total. The van der Waals surface area contributed by atoms with Gasteiger partial charge in [-0.05, 0) is 61.7 Å². The van der Waals surface area contributed by atoms with Gasteiger partial charge in [-0.2, -0.15) is 0 Å². The maximum atomic E-state index is 11.8. The van der Waals surface area contributed by atoms with E-state index in [9.17, 15) is 4.79 Å². The number of halogens is 1. The highest BCUT2D eigenvalue weighted by Crippen LogP contribution is 2.27. The summed E-state index contributed by atoms with van der Waals surface area (Å²) in [6.45, 7) is 1.28. The Balaban J connectivity index is 0.00000225. The molecule has 5 nitrogen and oxygen atoms in total. The lowest BCUT2D eigenvalue weighted by molar-refractivity contribution is -0.115. The monoisotopic (exact) mass is 362 g/mol. The Morgan fingerprint density at radius 1 is 1.08 bits per heavy atom. The van der Waals surface area contributed by atoms with Crippen LogP contribution in [0.15, 0.2) is 48.5 Å². The lowest BCUT2D eigenvalue weighted by Crippen LogP contribution is -2.29. The summed E-state index contributed by atoms with van der Waals surface area (Å²) in [7, 11) is 1.62. The van der Waals surface area contributed by atoms with Crippen molar-refractivity contribution in [1.82, 2.24) is 5.32 Å². The molecule has 0 radical (unpaired) electrons. The highest BCUT2D eigenvalue weighted by molar-refractivity contribution is 5.92. The first-order valence-electron chi connectivity index (χ1n) is 8.15. The largest absolute Gasteiger partial charge is 0.497 e. The second-order valence-corrected chi connectivity index (χ2v) is 5.93. The summed E-state index contributed by atoms with van der Waals surface area (Å²) < 4.78 is 10.9. The maximum absolute atomic E-state index is 11.8. The van der Waals surface area contributed by atoms with Crippen LogP contribution in [0.3, 0.4) is 0 Å². The molecule has 2 aromatic carbocycles. The van der Waals surface area contributed by atoms with Gasteiger partial charge >= 0.3 is 0 Å². The van der Waals surface area contributed by atoms with Gasteiger partial charge in [-0.25, -0.2) is 0 Å². The summed E-state index contributed by atoms with van der Waals surface area (Å²) in [5.41, 5.74) is 0.756. The Labute approximate surface area is 154 Å². The summed E-state index contributed by atoms with van der Waals surface area (Å²) in [6.07, 6.45) is 2.56. The highest BCUT2D eigenvalue weighted by Gasteiger charge is 2.20. The summed E-state index contributed by atoms with van der Waals surface area (Å²) in [4.78, 5) is 11.8. The number of anilines is 1. The van der Waals surface area contributed by atoms with Gasteiger partial charge in [0.2, 0.25) is 5.91 Å². The molecule has 1 fully saturated rings. The van der Waals surface area contributed by atoms with Crippen LogP contribution in [0.1, 0.15) is 12.8 Å².